The van der Waals surface area contributed by atoms with Crippen molar-refractivity contribution < 1.29 is 28.2 Å². The van der Waals surface area contributed by atoms with E-state index in [4.69, 9.17) is 10.2 Å². The summed E-state index contributed by atoms with van der Waals surface area (Å²) in [4.78, 5) is 21.2. The number of carboxylic acid groups (broad SMARTS) is 2. The lowest BCUT2D eigenvalue weighted by Crippen LogP contribution is -2.41. The Hall–Kier alpha value is -2.19. The molecule has 0 unspecified atom stereocenters. The second-order valence-corrected chi connectivity index (χ2v) is 5.46. The van der Waals surface area contributed by atoms with Crippen LogP contribution in [0.25, 0.3) is 6.08 Å². The van der Waals surface area contributed by atoms with Crippen LogP contribution in [0.15, 0.2) is 35.7 Å². The number of aliphatic carboxylic acids is 2. The Morgan fingerprint density at radius 3 is 2.30 bits per heavy atom. The third-order valence-electron chi connectivity index (χ3n) is 2.22. The Bertz CT molecular complexity index is 608. The topological polar surface area (TPSA) is 121 Å². The molecule has 1 aromatic carbocycles. The maximum absolute atomic E-state index is 11.6. The lowest BCUT2D eigenvalue weighted by molar-refractivity contribution is -0.145. The van der Waals surface area contributed by atoms with Gasteiger partial charge in [-0.25, -0.2) is 8.42 Å². The molecule has 1 rings (SSSR count). The van der Waals surface area contributed by atoms with Crippen molar-refractivity contribution in [2.75, 3.05) is 0 Å². The SMILES string of the molecule is O=C(O)C[C@@H](NS(=O)(=O)/C=C/c1ccccc1)C(=O)O. The molecule has 0 aliphatic heterocycles. The van der Waals surface area contributed by atoms with Gasteiger partial charge in [-0.3, -0.25) is 9.59 Å². The summed E-state index contributed by atoms with van der Waals surface area (Å²) in [5, 5.41) is 18.1. The van der Waals surface area contributed by atoms with Gasteiger partial charge in [-0.15, -0.1) is 0 Å². The van der Waals surface area contributed by atoms with Gasteiger partial charge in [0.2, 0.25) is 10.0 Å². The molecule has 7 nitrogen and oxygen atoms in total. The lowest BCUT2D eigenvalue weighted by Gasteiger charge is -2.10. The summed E-state index contributed by atoms with van der Waals surface area (Å²) in [7, 11) is -4.04. The molecule has 0 aromatic heterocycles. The largest absolute Gasteiger partial charge is 0.481 e. The fourth-order valence-corrected chi connectivity index (χ4v) is 2.32. The number of sulfonamides is 1. The Morgan fingerprint density at radius 2 is 1.80 bits per heavy atom. The van der Waals surface area contributed by atoms with Gasteiger partial charge in [-0.2, -0.15) is 4.72 Å². The fourth-order valence-electron chi connectivity index (χ4n) is 1.32. The van der Waals surface area contributed by atoms with E-state index in [0.29, 0.717) is 5.56 Å². The number of rotatable bonds is 7. The van der Waals surface area contributed by atoms with Crippen LogP contribution in [0.5, 0.6) is 0 Å². The summed E-state index contributed by atoms with van der Waals surface area (Å²) in [6.07, 6.45) is 0.440. The second kappa shape index (κ2) is 6.83. The van der Waals surface area contributed by atoms with Crippen LogP contribution in [0.2, 0.25) is 0 Å². The van der Waals surface area contributed by atoms with Crippen LogP contribution in [0.3, 0.4) is 0 Å². The van der Waals surface area contributed by atoms with Gasteiger partial charge in [0.05, 0.1) is 6.42 Å². The first-order valence-corrected chi connectivity index (χ1v) is 7.05. The van der Waals surface area contributed by atoms with Gasteiger partial charge in [0.15, 0.2) is 0 Å². The van der Waals surface area contributed by atoms with Crippen LogP contribution in [-0.2, 0) is 19.6 Å². The van der Waals surface area contributed by atoms with Crippen LogP contribution in [0.1, 0.15) is 12.0 Å². The third-order valence-corrected chi connectivity index (χ3v) is 3.33. The highest BCUT2D eigenvalue weighted by Crippen LogP contribution is 2.04. The summed E-state index contributed by atoms with van der Waals surface area (Å²) < 4.78 is 25.1. The zero-order valence-electron chi connectivity index (χ0n) is 10.3. The van der Waals surface area contributed by atoms with Crippen molar-refractivity contribution in [3.63, 3.8) is 0 Å². The number of carbonyl (C=O) groups is 2. The predicted molar refractivity (Wildman–Crippen MR) is 71.2 cm³/mol. The smallest absolute Gasteiger partial charge is 0.322 e. The van der Waals surface area contributed by atoms with Crippen molar-refractivity contribution in [2.24, 2.45) is 0 Å². The van der Waals surface area contributed by atoms with Crippen LogP contribution in [-0.4, -0.2) is 36.6 Å². The first-order valence-electron chi connectivity index (χ1n) is 5.50. The Balaban J connectivity index is 2.80. The Kier molecular flexibility index (Phi) is 5.42. The lowest BCUT2D eigenvalue weighted by atomic mass is 10.2. The van der Waals surface area contributed by atoms with Gasteiger partial charge in [0.25, 0.3) is 0 Å². The highest BCUT2D eigenvalue weighted by molar-refractivity contribution is 7.92. The summed E-state index contributed by atoms with van der Waals surface area (Å²) in [6.45, 7) is 0. The number of benzene rings is 1. The van der Waals surface area contributed by atoms with Gasteiger partial charge in [-0.1, -0.05) is 30.3 Å². The quantitative estimate of drug-likeness (QED) is 0.674. The molecule has 1 aromatic rings. The van der Waals surface area contributed by atoms with Crippen molar-refractivity contribution >= 4 is 28.0 Å². The third kappa shape index (κ3) is 5.63. The van der Waals surface area contributed by atoms with E-state index in [1.54, 1.807) is 35.1 Å². The molecule has 0 spiro atoms. The first-order chi connectivity index (χ1) is 9.30. The molecule has 0 aliphatic carbocycles. The highest BCUT2D eigenvalue weighted by Gasteiger charge is 2.25. The van der Waals surface area contributed by atoms with Crippen molar-refractivity contribution in [3.05, 3.63) is 41.3 Å². The normalized spacial score (nSPS) is 13.2. The first kappa shape index (κ1) is 15.9. The number of nitrogens with one attached hydrogen (secondary N) is 1. The molecule has 0 aliphatic rings. The molecule has 1 atom stereocenters. The summed E-state index contributed by atoms with van der Waals surface area (Å²) in [6, 6.07) is 6.81. The summed E-state index contributed by atoms with van der Waals surface area (Å²) >= 11 is 0. The number of carboxylic acids is 2. The van der Waals surface area contributed by atoms with Crippen molar-refractivity contribution in [3.8, 4) is 0 Å². The summed E-state index contributed by atoms with van der Waals surface area (Å²) in [5.41, 5.74) is 0.614. The molecule has 0 saturated heterocycles. The molecule has 8 heteroatoms. The molecule has 3 N–H and O–H groups in total. The van der Waals surface area contributed by atoms with E-state index in [9.17, 15) is 18.0 Å². The monoisotopic (exact) mass is 299 g/mol. The molecule has 0 radical (unpaired) electrons. The molecule has 0 fully saturated rings. The average Bonchev–Trinajstić information content (AvgIpc) is 2.36. The van der Waals surface area contributed by atoms with E-state index in [1.165, 1.54) is 6.08 Å². The molecule has 0 bridgehead atoms. The summed E-state index contributed by atoms with van der Waals surface area (Å²) in [5.74, 6) is -2.96. The molecule has 20 heavy (non-hydrogen) atoms. The molecule has 0 saturated carbocycles. The van der Waals surface area contributed by atoms with Gasteiger partial charge in [0.1, 0.15) is 6.04 Å². The molecule has 0 amide bonds. The molecule has 108 valence electrons. The predicted octanol–water partition coefficient (Wildman–Crippen LogP) is 0.505. The van der Waals surface area contributed by atoms with E-state index in [0.717, 1.165) is 5.41 Å². The van der Waals surface area contributed by atoms with E-state index in [2.05, 4.69) is 0 Å². The van der Waals surface area contributed by atoms with E-state index < -0.39 is 34.4 Å². The van der Waals surface area contributed by atoms with Gasteiger partial charge < -0.3 is 10.2 Å². The van der Waals surface area contributed by atoms with Gasteiger partial charge in [-0.05, 0) is 11.6 Å². The van der Waals surface area contributed by atoms with Crippen LogP contribution < -0.4 is 4.72 Å². The van der Waals surface area contributed by atoms with E-state index in [-0.39, 0.29) is 0 Å². The minimum absolute atomic E-state index is 0.614. The maximum atomic E-state index is 11.6. The molecular formula is C12H13NO6S. The molecular weight excluding hydrogens is 286 g/mol. The maximum Gasteiger partial charge on any atom is 0.322 e. The van der Waals surface area contributed by atoms with Crippen LogP contribution in [0, 0.1) is 0 Å². The van der Waals surface area contributed by atoms with Crippen molar-refractivity contribution in [1.82, 2.24) is 4.72 Å². The Morgan fingerprint density at radius 1 is 1.20 bits per heavy atom. The zero-order valence-corrected chi connectivity index (χ0v) is 11.1. The van der Waals surface area contributed by atoms with Crippen LogP contribution in [0.4, 0.5) is 0 Å². The molecule has 0 heterocycles. The Labute approximate surface area is 115 Å². The number of hydrogen-bond donors (Lipinski definition) is 3. The van der Waals surface area contributed by atoms with Crippen molar-refractivity contribution in [2.45, 2.75) is 12.5 Å². The van der Waals surface area contributed by atoms with Crippen LogP contribution >= 0.6 is 0 Å². The second-order valence-electron chi connectivity index (χ2n) is 3.86. The van der Waals surface area contributed by atoms with E-state index >= 15 is 0 Å². The standard InChI is InChI=1S/C12H13NO6S/c14-11(15)8-10(12(16)17)13-20(18,19)7-6-9-4-2-1-3-5-9/h1-7,10,13H,8H2,(H,14,15)(H,16,17)/b7-6+/t10-/m1/s1. The minimum Gasteiger partial charge on any atom is -0.481 e. The fraction of sp³-hybridized carbons (Fsp3) is 0.167. The van der Waals surface area contributed by atoms with Gasteiger partial charge >= 0.3 is 11.9 Å². The minimum atomic E-state index is -4.04. The van der Waals surface area contributed by atoms with E-state index in [1.807, 2.05) is 0 Å². The number of hydrogen-bond acceptors (Lipinski definition) is 4. The average molecular weight is 299 g/mol. The van der Waals surface area contributed by atoms with Gasteiger partial charge in [0, 0.05) is 5.41 Å². The highest BCUT2D eigenvalue weighted by atomic mass is 32.2. The zero-order chi connectivity index (χ0) is 15.2. The van der Waals surface area contributed by atoms with Crippen molar-refractivity contribution in [1.29, 1.82) is 0 Å².